The van der Waals surface area contributed by atoms with E-state index in [0.717, 1.165) is 24.3 Å². The standard InChI is InChI=1S/C23H29N5O2/c1-4-25-23(27-20-9-10-21(29-3)22(14-20)30-5-2)26-15-18-7-6-8-19(13-18)16-28-12-11-24-17-28/h6-14,17H,4-5,15-16H2,1-3H3,(H2,25,26,27). The largest absolute Gasteiger partial charge is 0.493 e. The van der Waals surface area contributed by atoms with Crippen LogP contribution in [-0.4, -0.2) is 35.8 Å². The molecule has 3 aromatic rings. The molecule has 0 fully saturated rings. The SMILES string of the molecule is CCNC(=NCc1cccc(Cn2ccnc2)c1)Nc1ccc(OC)c(OCC)c1. The number of anilines is 1. The van der Waals surface area contributed by atoms with E-state index < -0.39 is 0 Å². The van der Waals surface area contributed by atoms with E-state index in [1.54, 1.807) is 13.3 Å². The number of imidazole rings is 1. The van der Waals surface area contributed by atoms with Crippen LogP contribution in [0.3, 0.4) is 0 Å². The number of guanidine groups is 1. The van der Waals surface area contributed by atoms with Crippen molar-refractivity contribution in [1.29, 1.82) is 0 Å². The molecule has 1 aromatic heterocycles. The number of rotatable bonds is 9. The summed E-state index contributed by atoms with van der Waals surface area (Å²) in [7, 11) is 1.64. The van der Waals surface area contributed by atoms with Crippen molar-refractivity contribution in [3.8, 4) is 11.5 Å². The molecule has 0 unspecified atom stereocenters. The predicted octanol–water partition coefficient (Wildman–Crippen LogP) is 3.92. The Labute approximate surface area is 177 Å². The fourth-order valence-corrected chi connectivity index (χ4v) is 3.05. The third kappa shape index (κ3) is 6.01. The highest BCUT2D eigenvalue weighted by Crippen LogP contribution is 2.30. The lowest BCUT2D eigenvalue weighted by atomic mass is 10.1. The van der Waals surface area contributed by atoms with E-state index in [4.69, 9.17) is 14.5 Å². The second-order valence-electron chi connectivity index (χ2n) is 6.67. The van der Waals surface area contributed by atoms with Gasteiger partial charge in [0.05, 0.1) is 26.6 Å². The van der Waals surface area contributed by atoms with Crippen molar-refractivity contribution in [3.63, 3.8) is 0 Å². The second-order valence-corrected chi connectivity index (χ2v) is 6.67. The molecule has 0 radical (unpaired) electrons. The number of aromatic nitrogens is 2. The van der Waals surface area contributed by atoms with Crippen LogP contribution in [-0.2, 0) is 13.1 Å². The van der Waals surface area contributed by atoms with Crippen molar-refractivity contribution in [3.05, 3.63) is 72.3 Å². The Morgan fingerprint density at radius 1 is 1.10 bits per heavy atom. The molecule has 0 saturated carbocycles. The molecule has 1 heterocycles. The molecule has 7 nitrogen and oxygen atoms in total. The van der Waals surface area contributed by atoms with Crippen LogP contribution in [0.4, 0.5) is 5.69 Å². The molecular formula is C23H29N5O2. The zero-order chi connectivity index (χ0) is 21.2. The molecule has 0 saturated heterocycles. The summed E-state index contributed by atoms with van der Waals surface area (Å²) in [6.07, 6.45) is 5.57. The number of benzene rings is 2. The zero-order valence-corrected chi connectivity index (χ0v) is 17.8. The first-order valence-corrected chi connectivity index (χ1v) is 10.1. The minimum Gasteiger partial charge on any atom is -0.493 e. The van der Waals surface area contributed by atoms with Crippen molar-refractivity contribution >= 4 is 11.6 Å². The van der Waals surface area contributed by atoms with Gasteiger partial charge >= 0.3 is 0 Å². The van der Waals surface area contributed by atoms with Crippen LogP contribution in [0, 0.1) is 0 Å². The Balaban J connectivity index is 1.71. The van der Waals surface area contributed by atoms with Crippen LogP contribution >= 0.6 is 0 Å². The average Bonchev–Trinajstić information content (AvgIpc) is 3.26. The summed E-state index contributed by atoms with van der Waals surface area (Å²) in [5.74, 6) is 2.12. The molecule has 158 valence electrons. The fourth-order valence-electron chi connectivity index (χ4n) is 3.05. The first-order valence-electron chi connectivity index (χ1n) is 10.1. The first-order chi connectivity index (χ1) is 14.7. The molecule has 0 atom stereocenters. The van der Waals surface area contributed by atoms with Gasteiger partial charge in [-0.1, -0.05) is 24.3 Å². The van der Waals surface area contributed by atoms with Crippen LogP contribution in [0.2, 0.25) is 0 Å². The number of nitrogens with one attached hydrogen (secondary N) is 2. The van der Waals surface area contributed by atoms with Crippen molar-refractivity contribution in [2.45, 2.75) is 26.9 Å². The minimum atomic E-state index is 0.571. The molecule has 7 heteroatoms. The summed E-state index contributed by atoms with van der Waals surface area (Å²) in [6.45, 7) is 6.70. The Morgan fingerprint density at radius 2 is 1.97 bits per heavy atom. The van der Waals surface area contributed by atoms with Crippen molar-refractivity contribution < 1.29 is 9.47 Å². The molecule has 0 aliphatic carbocycles. The lowest BCUT2D eigenvalue weighted by Crippen LogP contribution is -2.30. The van der Waals surface area contributed by atoms with Crippen molar-refractivity contribution in [2.24, 2.45) is 4.99 Å². The Hall–Kier alpha value is -3.48. The monoisotopic (exact) mass is 407 g/mol. The number of ether oxygens (including phenoxy) is 2. The van der Waals surface area contributed by atoms with E-state index in [1.807, 2.05) is 49.1 Å². The minimum absolute atomic E-state index is 0.571. The van der Waals surface area contributed by atoms with Gasteiger partial charge in [0.15, 0.2) is 17.5 Å². The maximum atomic E-state index is 5.66. The first kappa shape index (κ1) is 21.2. The van der Waals surface area contributed by atoms with Crippen LogP contribution < -0.4 is 20.1 Å². The van der Waals surface area contributed by atoms with Gasteiger partial charge in [0, 0.05) is 37.2 Å². The molecule has 2 aromatic carbocycles. The molecule has 0 aliphatic heterocycles. The van der Waals surface area contributed by atoms with Gasteiger partial charge in [0.25, 0.3) is 0 Å². The molecule has 2 N–H and O–H groups in total. The van der Waals surface area contributed by atoms with E-state index in [-0.39, 0.29) is 0 Å². The van der Waals surface area contributed by atoms with Gasteiger partial charge in [-0.05, 0) is 37.1 Å². The molecule has 30 heavy (non-hydrogen) atoms. The van der Waals surface area contributed by atoms with E-state index >= 15 is 0 Å². The third-order valence-corrected chi connectivity index (χ3v) is 4.41. The maximum absolute atomic E-state index is 5.66. The highest BCUT2D eigenvalue weighted by molar-refractivity contribution is 5.93. The van der Waals surface area contributed by atoms with E-state index in [9.17, 15) is 0 Å². The van der Waals surface area contributed by atoms with E-state index in [1.165, 1.54) is 5.56 Å². The summed E-state index contributed by atoms with van der Waals surface area (Å²) in [4.78, 5) is 8.84. The van der Waals surface area contributed by atoms with Crippen LogP contribution in [0.25, 0.3) is 0 Å². The highest BCUT2D eigenvalue weighted by atomic mass is 16.5. The van der Waals surface area contributed by atoms with Gasteiger partial charge in [-0.2, -0.15) is 0 Å². The zero-order valence-electron chi connectivity index (χ0n) is 17.8. The molecule has 0 spiro atoms. The summed E-state index contributed by atoms with van der Waals surface area (Å²) < 4.78 is 13.1. The summed E-state index contributed by atoms with van der Waals surface area (Å²) in [5, 5.41) is 6.63. The molecular weight excluding hydrogens is 378 g/mol. The number of hydrogen-bond donors (Lipinski definition) is 2. The van der Waals surface area contributed by atoms with Crippen molar-refractivity contribution in [1.82, 2.24) is 14.9 Å². The van der Waals surface area contributed by atoms with Crippen LogP contribution in [0.15, 0.2) is 66.2 Å². The third-order valence-electron chi connectivity index (χ3n) is 4.41. The number of nitrogens with zero attached hydrogens (tertiary/aromatic N) is 3. The van der Waals surface area contributed by atoms with Crippen molar-refractivity contribution in [2.75, 3.05) is 25.6 Å². The second kappa shape index (κ2) is 10.9. The van der Waals surface area contributed by atoms with Gasteiger partial charge in [-0.25, -0.2) is 9.98 Å². The average molecular weight is 408 g/mol. The molecule has 0 aliphatic rings. The molecule has 3 rings (SSSR count). The number of hydrogen-bond acceptors (Lipinski definition) is 4. The fraction of sp³-hybridized carbons (Fsp3) is 0.304. The molecule has 0 bridgehead atoms. The van der Waals surface area contributed by atoms with Crippen LogP contribution in [0.5, 0.6) is 11.5 Å². The smallest absolute Gasteiger partial charge is 0.196 e. The normalized spacial score (nSPS) is 11.2. The number of methoxy groups -OCH3 is 1. The quantitative estimate of drug-likeness (QED) is 0.416. The van der Waals surface area contributed by atoms with Gasteiger partial charge in [0.1, 0.15) is 0 Å². The lowest BCUT2D eigenvalue weighted by Gasteiger charge is -2.14. The number of aliphatic imine (C=N–C) groups is 1. The van der Waals surface area contributed by atoms with Gasteiger partial charge < -0.3 is 24.7 Å². The van der Waals surface area contributed by atoms with Crippen LogP contribution in [0.1, 0.15) is 25.0 Å². The van der Waals surface area contributed by atoms with Gasteiger partial charge in [-0.15, -0.1) is 0 Å². The summed E-state index contributed by atoms with van der Waals surface area (Å²) in [6, 6.07) is 14.2. The van der Waals surface area contributed by atoms with E-state index in [0.29, 0.717) is 30.6 Å². The topological polar surface area (TPSA) is 72.7 Å². The predicted molar refractivity (Wildman–Crippen MR) is 120 cm³/mol. The lowest BCUT2D eigenvalue weighted by molar-refractivity contribution is 0.311. The Bertz CT molecular complexity index is 954. The summed E-state index contributed by atoms with van der Waals surface area (Å²) in [5.41, 5.74) is 3.25. The Kier molecular flexibility index (Phi) is 7.71. The van der Waals surface area contributed by atoms with E-state index in [2.05, 4.69) is 39.9 Å². The Morgan fingerprint density at radius 3 is 2.70 bits per heavy atom. The molecule has 0 amide bonds. The van der Waals surface area contributed by atoms with Gasteiger partial charge in [-0.3, -0.25) is 0 Å². The van der Waals surface area contributed by atoms with Gasteiger partial charge in [0.2, 0.25) is 0 Å². The highest BCUT2D eigenvalue weighted by Gasteiger charge is 2.07. The maximum Gasteiger partial charge on any atom is 0.196 e. The summed E-state index contributed by atoms with van der Waals surface area (Å²) >= 11 is 0.